The molecule has 2 aromatic carbocycles. The first-order chi connectivity index (χ1) is 10.3. The maximum atomic E-state index is 11.9. The van der Waals surface area contributed by atoms with Crippen molar-refractivity contribution in [3.05, 3.63) is 71.8 Å². The first-order valence-corrected chi connectivity index (χ1v) is 7.33. The van der Waals surface area contributed by atoms with Crippen LogP contribution in [0.3, 0.4) is 0 Å². The number of carbonyl (C=O) groups excluding carboxylic acids is 1. The third kappa shape index (κ3) is 3.43. The fourth-order valence-electron chi connectivity index (χ4n) is 2.51. The molecule has 0 atom stereocenters. The number of carbonyl (C=O) groups is 1. The highest BCUT2D eigenvalue weighted by atomic mass is 16.5. The molecule has 1 aliphatic carbocycles. The Hall–Kier alpha value is -2.29. The van der Waals surface area contributed by atoms with Gasteiger partial charge in [0.15, 0.2) is 0 Å². The van der Waals surface area contributed by atoms with Crippen molar-refractivity contribution >= 4 is 6.09 Å². The van der Waals surface area contributed by atoms with Gasteiger partial charge >= 0.3 is 6.09 Å². The van der Waals surface area contributed by atoms with E-state index in [9.17, 15) is 4.79 Å². The number of ether oxygens (including phenoxy) is 1. The highest BCUT2D eigenvalue weighted by Gasteiger charge is 2.45. The number of rotatable bonds is 5. The molecule has 0 saturated heterocycles. The van der Waals surface area contributed by atoms with E-state index in [2.05, 4.69) is 17.4 Å². The molecule has 21 heavy (non-hydrogen) atoms. The Labute approximate surface area is 124 Å². The second kappa shape index (κ2) is 6.00. The Morgan fingerprint density at radius 1 is 1.00 bits per heavy atom. The molecule has 2 aromatic rings. The van der Waals surface area contributed by atoms with Crippen LogP contribution >= 0.6 is 0 Å². The lowest BCUT2D eigenvalue weighted by molar-refractivity contribution is 0.142. The van der Waals surface area contributed by atoms with Gasteiger partial charge in [0, 0.05) is 6.42 Å². The minimum atomic E-state index is -0.327. The van der Waals surface area contributed by atoms with Crippen molar-refractivity contribution < 1.29 is 9.53 Å². The maximum Gasteiger partial charge on any atom is 0.407 e. The molecule has 1 amide bonds. The molecule has 1 aliphatic rings. The van der Waals surface area contributed by atoms with Gasteiger partial charge in [-0.1, -0.05) is 60.7 Å². The van der Waals surface area contributed by atoms with E-state index in [0.29, 0.717) is 6.61 Å². The predicted molar refractivity (Wildman–Crippen MR) is 82.0 cm³/mol. The van der Waals surface area contributed by atoms with Gasteiger partial charge in [-0.2, -0.15) is 0 Å². The number of benzene rings is 2. The topological polar surface area (TPSA) is 38.3 Å². The van der Waals surface area contributed by atoms with E-state index in [4.69, 9.17) is 4.74 Å². The van der Waals surface area contributed by atoms with Gasteiger partial charge in [-0.15, -0.1) is 0 Å². The molecule has 3 rings (SSSR count). The van der Waals surface area contributed by atoms with E-state index >= 15 is 0 Å². The van der Waals surface area contributed by atoms with Gasteiger partial charge in [0.1, 0.15) is 0 Å². The zero-order chi connectivity index (χ0) is 14.5. The van der Waals surface area contributed by atoms with Crippen molar-refractivity contribution in [3.63, 3.8) is 0 Å². The van der Waals surface area contributed by atoms with Crippen LogP contribution in [0.2, 0.25) is 0 Å². The second-order valence-corrected chi connectivity index (χ2v) is 5.44. The fraction of sp³-hybridized carbons (Fsp3) is 0.278. The summed E-state index contributed by atoms with van der Waals surface area (Å²) >= 11 is 0. The van der Waals surface area contributed by atoms with Crippen LogP contribution in [0.1, 0.15) is 24.0 Å². The van der Waals surface area contributed by atoms with Gasteiger partial charge in [0.2, 0.25) is 0 Å². The highest BCUT2D eigenvalue weighted by Crippen LogP contribution is 2.45. The molecule has 0 aliphatic heterocycles. The van der Waals surface area contributed by atoms with Crippen molar-refractivity contribution in [1.82, 2.24) is 5.32 Å². The molecule has 108 valence electrons. The lowest BCUT2D eigenvalue weighted by Crippen LogP contribution is -2.35. The average Bonchev–Trinajstić information content (AvgIpc) is 3.30. The largest absolute Gasteiger partial charge is 0.449 e. The Kier molecular flexibility index (Phi) is 3.91. The Balaban J connectivity index is 1.49. The quantitative estimate of drug-likeness (QED) is 0.908. The van der Waals surface area contributed by atoms with Crippen molar-refractivity contribution in [3.8, 4) is 0 Å². The van der Waals surface area contributed by atoms with Gasteiger partial charge in [-0.25, -0.2) is 4.79 Å². The summed E-state index contributed by atoms with van der Waals surface area (Å²) in [5.41, 5.74) is 2.13. The van der Waals surface area contributed by atoms with Crippen molar-refractivity contribution in [1.29, 1.82) is 0 Å². The summed E-state index contributed by atoms with van der Waals surface area (Å²) in [6.07, 6.45) is 2.37. The molecule has 0 heterocycles. The SMILES string of the molecule is O=C(NC1(c2ccccc2)CC1)OCCc1ccccc1. The van der Waals surface area contributed by atoms with E-state index < -0.39 is 0 Å². The molecular weight excluding hydrogens is 262 g/mol. The lowest BCUT2D eigenvalue weighted by atomic mass is 10.1. The standard InChI is InChI=1S/C18H19NO2/c20-17(21-14-11-15-7-3-1-4-8-15)19-18(12-13-18)16-9-5-2-6-10-16/h1-10H,11-14H2,(H,19,20). The molecular formula is C18H19NO2. The monoisotopic (exact) mass is 281 g/mol. The molecule has 0 spiro atoms. The minimum absolute atomic E-state index is 0.203. The van der Waals surface area contributed by atoms with E-state index in [-0.39, 0.29) is 11.6 Å². The fourth-order valence-corrected chi connectivity index (χ4v) is 2.51. The van der Waals surface area contributed by atoms with Gasteiger partial charge < -0.3 is 10.1 Å². The first-order valence-electron chi connectivity index (χ1n) is 7.33. The van der Waals surface area contributed by atoms with Crippen molar-refractivity contribution in [2.24, 2.45) is 0 Å². The van der Waals surface area contributed by atoms with Crippen LogP contribution in [-0.4, -0.2) is 12.7 Å². The minimum Gasteiger partial charge on any atom is -0.449 e. The van der Waals surface area contributed by atoms with Crippen molar-refractivity contribution in [2.45, 2.75) is 24.8 Å². The molecule has 3 heteroatoms. The van der Waals surface area contributed by atoms with Gasteiger partial charge in [0.25, 0.3) is 0 Å². The molecule has 3 nitrogen and oxygen atoms in total. The van der Waals surface area contributed by atoms with E-state index in [0.717, 1.165) is 24.8 Å². The van der Waals surface area contributed by atoms with Crippen LogP contribution in [0.25, 0.3) is 0 Å². The Morgan fingerprint density at radius 3 is 2.24 bits per heavy atom. The third-order valence-corrected chi connectivity index (χ3v) is 3.88. The van der Waals surface area contributed by atoms with Gasteiger partial charge in [0.05, 0.1) is 12.1 Å². The molecule has 1 saturated carbocycles. The number of alkyl carbamates (subject to hydrolysis) is 1. The number of nitrogens with one attached hydrogen (secondary N) is 1. The number of amides is 1. The van der Waals surface area contributed by atoms with Crippen LogP contribution in [0.4, 0.5) is 4.79 Å². The Morgan fingerprint density at radius 2 is 1.62 bits per heavy atom. The summed E-state index contributed by atoms with van der Waals surface area (Å²) in [6.45, 7) is 0.403. The molecule has 1 N–H and O–H groups in total. The van der Waals surface area contributed by atoms with Crippen LogP contribution < -0.4 is 5.32 Å². The zero-order valence-electron chi connectivity index (χ0n) is 11.9. The average molecular weight is 281 g/mol. The van der Waals surface area contributed by atoms with Crippen molar-refractivity contribution in [2.75, 3.05) is 6.61 Å². The zero-order valence-corrected chi connectivity index (χ0v) is 11.9. The Bertz CT molecular complexity index is 591. The van der Waals surface area contributed by atoms with Crippen LogP contribution in [0.5, 0.6) is 0 Å². The molecule has 0 bridgehead atoms. The number of hydrogen-bond acceptors (Lipinski definition) is 2. The molecule has 1 fully saturated rings. The molecule has 0 aromatic heterocycles. The molecule has 0 unspecified atom stereocenters. The van der Waals surface area contributed by atoms with Gasteiger partial charge in [-0.05, 0) is 24.0 Å². The van der Waals surface area contributed by atoms with Crippen LogP contribution in [0, 0.1) is 0 Å². The summed E-state index contributed by atoms with van der Waals surface area (Å²) in [4.78, 5) is 11.9. The summed E-state index contributed by atoms with van der Waals surface area (Å²) in [5, 5.41) is 3.01. The lowest BCUT2D eigenvalue weighted by Gasteiger charge is -2.17. The number of hydrogen-bond donors (Lipinski definition) is 1. The second-order valence-electron chi connectivity index (χ2n) is 5.44. The maximum absolute atomic E-state index is 11.9. The van der Waals surface area contributed by atoms with Crippen LogP contribution in [-0.2, 0) is 16.7 Å². The van der Waals surface area contributed by atoms with E-state index in [1.165, 1.54) is 5.56 Å². The predicted octanol–water partition coefficient (Wildman–Crippen LogP) is 3.64. The summed E-state index contributed by atoms with van der Waals surface area (Å²) in [7, 11) is 0. The van der Waals surface area contributed by atoms with E-state index in [1.54, 1.807) is 0 Å². The summed E-state index contributed by atoms with van der Waals surface area (Å²) < 4.78 is 5.29. The first kappa shape index (κ1) is 13.7. The van der Waals surface area contributed by atoms with E-state index in [1.807, 2.05) is 48.5 Å². The summed E-state index contributed by atoms with van der Waals surface area (Å²) in [5.74, 6) is 0. The third-order valence-electron chi connectivity index (χ3n) is 3.88. The highest BCUT2D eigenvalue weighted by molar-refractivity contribution is 5.69. The normalized spacial score (nSPS) is 15.2. The summed E-state index contributed by atoms with van der Waals surface area (Å²) in [6, 6.07) is 20.1. The van der Waals surface area contributed by atoms with Crippen LogP contribution in [0.15, 0.2) is 60.7 Å². The smallest absolute Gasteiger partial charge is 0.407 e. The molecule has 0 radical (unpaired) electrons. The van der Waals surface area contributed by atoms with Gasteiger partial charge in [-0.3, -0.25) is 0 Å².